The minimum atomic E-state index is -1.22. The maximum atomic E-state index is 12.4. The van der Waals surface area contributed by atoms with Gasteiger partial charge in [-0.1, -0.05) is 5.16 Å². The highest BCUT2D eigenvalue weighted by Crippen LogP contribution is 2.25. The summed E-state index contributed by atoms with van der Waals surface area (Å²) in [5.74, 6) is -1.01. The van der Waals surface area contributed by atoms with E-state index >= 15 is 0 Å². The molecule has 0 saturated carbocycles. The van der Waals surface area contributed by atoms with Crippen LogP contribution in [0.5, 0.6) is 0 Å². The van der Waals surface area contributed by atoms with Crippen LogP contribution in [0.15, 0.2) is 22.7 Å². The summed E-state index contributed by atoms with van der Waals surface area (Å²) in [6.07, 6.45) is 3.45. The molecule has 0 bridgehead atoms. The summed E-state index contributed by atoms with van der Waals surface area (Å²) in [7, 11) is 0. The van der Waals surface area contributed by atoms with Gasteiger partial charge in [-0.25, -0.2) is 4.79 Å². The van der Waals surface area contributed by atoms with Crippen molar-refractivity contribution in [2.24, 2.45) is 0 Å². The number of fused-ring (bicyclic) bond motifs is 1. The highest BCUT2D eigenvalue weighted by atomic mass is 16.5. The van der Waals surface area contributed by atoms with Crippen molar-refractivity contribution in [3.05, 3.63) is 46.3 Å². The van der Waals surface area contributed by atoms with Crippen LogP contribution in [0.25, 0.3) is 0 Å². The van der Waals surface area contributed by atoms with E-state index in [1.807, 2.05) is 6.07 Å². The van der Waals surface area contributed by atoms with Crippen LogP contribution in [-0.2, 0) is 12.8 Å². The van der Waals surface area contributed by atoms with Crippen molar-refractivity contribution in [2.45, 2.75) is 25.7 Å². The molecule has 2 aromatic rings. The highest BCUT2D eigenvalue weighted by molar-refractivity contribution is 6.07. The third-order valence-corrected chi connectivity index (χ3v) is 3.79. The Balaban J connectivity index is 1.90. The molecule has 0 radical (unpaired) electrons. The van der Waals surface area contributed by atoms with Gasteiger partial charge < -0.3 is 14.9 Å². The molecule has 0 atom stereocenters. The second-order valence-electron chi connectivity index (χ2n) is 5.27. The van der Waals surface area contributed by atoms with Crippen LogP contribution in [0.1, 0.15) is 50.6 Å². The number of carbonyl (C=O) groups is 2. The number of anilines is 1. The zero-order chi connectivity index (χ0) is 16.4. The van der Waals surface area contributed by atoms with E-state index in [2.05, 4.69) is 10.5 Å². The Morgan fingerprint density at radius 2 is 2.09 bits per heavy atom. The fraction of sp³-hybridized carbons (Fsp3) is 0.250. The molecule has 116 valence electrons. The van der Waals surface area contributed by atoms with Gasteiger partial charge >= 0.3 is 5.97 Å². The van der Waals surface area contributed by atoms with Gasteiger partial charge in [0.1, 0.15) is 5.76 Å². The first kappa shape index (κ1) is 14.8. The zero-order valence-corrected chi connectivity index (χ0v) is 12.1. The Hall–Kier alpha value is -3.14. The first-order valence-electron chi connectivity index (χ1n) is 7.16. The van der Waals surface area contributed by atoms with Crippen molar-refractivity contribution in [2.75, 3.05) is 5.32 Å². The van der Waals surface area contributed by atoms with Gasteiger partial charge in [-0.05, 0) is 37.5 Å². The predicted octanol–water partition coefficient (Wildman–Crippen LogP) is 2.38. The molecular formula is C16H13N3O4. The molecule has 1 aliphatic carbocycles. The van der Waals surface area contributed by atoms with E-state index in [-0.39, 0.29) is 22.5 Å². The van der Waals surface area contributed by atoms with E-state index in [0.29, 0.717) is 0 Å². The number of carbonyl (C=O) groups excluding carboxylic acids is 1. The van der Waals surface area contributed by atoms with Crippen LogP contribution in [0.2, 0.25) is 0 Å². The molecule has 0 unspecified atom stereocenters. The molecule has 7 heteroatoms. The quantitative estimate of drug-likeness (QED) is 0.898. The molecule has 23 heavy (non-hydrogen) atoms. The number of aromatic nitrogens is 1. The maximum absolute atomic E-state index is 12.4. The molecule has 2 N–H and O–H groups in total. The van der Waals surface area contributed by atoms with E-state index in [9.17, 15) is 14.7 Å². The summed E-state index contributed by atoms with van der Waals surface area (Å²) < 4.78 is 5.19. The van der Waals surface area contributed by atoms with E-state index in [4.69, 9.17) is 9.78 Å². The minimum Gasteiger partial charge on any atom is -0.478 e. The van der Waals surface area contributed by atoms with Gasteiger partial charge in [0.05, 0.1) is 22.9 Å². The third-order valence-electron chi connectivity index (χ3n) is 3.79. The summed E-state index contributed by atoms with van der Waals surface area (Å²) in [4.78, 5) is 23.7. The molecule has 0 spiro atoms. The Kier molecular flexibility index (Phi) is 3.81. The first-order valence-corrected chi connectivity index (χ1v) is 7.16. The van der Waals surface area contributed by atoms with Crippen molar-refractivity contribution in [3.63, 3.8) is 0 Å². The monoisotopic (exact) mass is 311 g/mol. The van der Waals surface area contributed by atoms with E-state index in [1.54, 1.807) is 0 Å². The smallest absolute Gasteiger partial charge is 0.337 e. The van der Waals surface area contributed by atoms with Crippen LogP contribution in [0.3, 0.4) is 0 Å². The number of nitrogens with one attached hydrogen (secondary N) is 1. The lowest BCUT2D eigenvalue weighted by Crippen LogP contribution is -2.17. The van der Waals surface area contributed by atoms with Crippen molar-refractivity contribution >= 4 is 17.6 Å². The number of rotatable bonds is 3. The number of nitriles is 1. The molecule has 0 fully saturated rings. The van der Waals surface area contributed by atoms with E-state index in [0.717, 1.165) is 37.0 Å². The molecule has 7 nitrogen and oxygen atoms in total. The first-order chi connectivity index (χ1) is 11.1. The van der Waals surface area contributed by atoms with Crippen molar-refractivity contribution in [1.29, 1.82) is 5.26 Å². The Labute approximate surface area is 131 Å². The largest absolute Gasteiger partial charge is 0.478 e. The van der Waals surface area contributed by atoms with Crippen LogP contribution < -0.4 is 5.32 Å². The fourth-order valence-electron chi connectivity index (χ4n) is 2.64. The summed E-state index contributed by atoms with van der Waals surface area (Å²) in [5.41, 5.74) is 1.17. The second-order valence-corrected chi connectivity index (χ2v) is 5.27. The van der Waals surface area contributed by atoms with Crippen LogP contribution in [-0.4, -0.2) is 22.1 Å². The number of hydrogen-bond donors (Lipinski definition) is 2. The lowest BCUT2D eigenvalue weighted by Gasteiger charge is -2.10. The lowest BCUT2D eigenvalue weighted by atomic mass is 9.96. The molecule has 1 aromatic carbocycles. The van der Waals surface area contributed by atoms with E-state index in [1.165, 1.54) is 18.2 Å². The Morgan fingerprint density at radius 1 is 1.30 bits per heavy atom. The van der Waals surface area contributed by atoms with Crippen molar-refractivity contribution in [1.82, 2.24) is 5.16 Å². The summed E-state index contributed by atoms with van der Waals surface area (Å²) in [6.45, 7) is 0. The fourth-order valence-corrected chi connectivity index (χ4v) is 2.64. The SMILES string of the molecule is N#Cc1ccc(NC(=O)c2noc3c2CCCC3)c(C(=O)O)c1. The topological polar surface area (TPSA) is 116 Å². The van der Waals surface area contributed by atoms with Gasteiger partial charge in [0, 0.05) is 12.0 Å². The second kappa shape index (κ2) is 5.93. The van der Waals surface area contributed by atoms with Crippen LogP contribution in [0, 0.1) is 11.3 Å². The zero-order valence-electron chi connectivity index (χ0n) is 12.1. The van der Waals surface area contributed by atoms with Crippen molar-refractivity contribution < 1.29 is 19.2 Å². The summed E-state index contributed by atoms with van der Waals surface area (Å²) in [5, 5.41) is 24.4. The molecule has 0 aliphatic heterocycles. The average molecular weight is 311 g/mol. The molecule has 0 saturated heterocycles. The van der Waals surface area contributed by atoms with E-state index < -0.39 is 11.9 Å². The minimum absolute atomic E-state index is 0.119. The van der Waals surface area contributed by atoms with Gasteiger partial charge in [0.25, 0.3) is 5.91 Å². The van der Waals surface area contributed by atoms with Crippen LogP contribution >= 0.6 is 0 Å². The van der Waals surface area contributed by atoms with Gasteiger partial charge in [-0.3, -0.25) is 4.79 Å². The summed E-state index contributed by atoms with van der Waals surface area (Å²) >= 11 is 0. The standard InChI is InChI=1S/C16H13N3O4/c17-8-9-5-6-12(11(7-9)16(21)22)18-15(20)14-10-3-1-2-4-13(10)23-19-14/h5-7H,1-4H2,(H,18,20)(H,21,22). The molecule has 1 heterocycles. The molecule has 1 amide bonds. The van der Waals surface area contributed by atoms with Gasteiger partial charge in [-0.15, -0.1) is 0 Å². The number of hydrogen-bond acceptors (Lipinski definition) is 5. The van der Waals surface area contributed by atoms with Crippen molar-refractivity contribution in [3.8, 4) is 6.07 Å². The number of amides is 1. The third kappa shape index (κ3) is 2.79. The normalized spacial score (nSPS) is 13.0. The molecule has 1 aromatic heterocycles. The molecule has 1 aliphatic rings. The Bertz CT molecular complexity index is 832. The average Bonchev–Trinajstić information content (AvgIpc) is 2.99. The van der Waals surface area contributed by atoms with Gasteiger partial charge in [0.15, 0.2) is 5.69 Å². The number of nitrogens with zero attached hydrogens (tertiary/aromatic N) is 2. The number of carboxylic acids is 1. The highest BCUT2D eigenvalue weighted by Gasteiger charge is 2.25. The number of aromatic carboxylic acids is 1. The lowest BCUT2D eigenvalue weighted by molar-refractivity contribution is 0.0698. The predicted molar refractivity (Wildman–Crippen MR) is 79.2 cm³/mol. The number of aryl methyl sites for hydroxylation is 1. The molecular weight excluding hydrogens is 298 g/mol. The van der Waals surface area contributed by atoms with Gasteiger partial charge in [0.2, 0.25) is 0 Å². The van der Waals surface area contributed by atoms with Gasteiger partial charge in [-0.2, -0.15) is 5.26 Å². The van der Waals surface area contributed by atoms with Crippen LogP contribution in [0.4, 0.5) is 5.69 Å². The summed E-state index contributed by atoms with van der Waals surface area (Å²) in [6, 6.07) is 5.93. The number of benzene rings is 1. The maximum Gasteiger partial charge on any atom is 0.337 e. The number of carboxylic acid groups (broad SMARTS) is 1. The molecule has 3 rings (SSSR count). The Morgan fingerprint density at radius 3 is 2.83 bits per heavy atom.